The van der Waals surface area contributed by atoms with E-state index in [1.54, 1.807) is 27.7 Å². The first-order valence-electron chi connectivity index (χ1n) is 30.8. The molecule has 0 aliphatic heterocycles. The van der Waals surface area contributed by atoms with E-state index in [9.17, 15) is 67.1 Å². The van der Waals surface area contributed by atoms with E-state index in [0.717, 1.165) is 12.8 Å². The Kier molecular flexibility index (Phi) is 124. The zero-order chi connectivity index (χ0) is 82.0. The fraction of sp³-hybridized carbons (Fsp3) is 0.574. The van der Waals surface area contributed by atoms with E-state index in [2.05, 4.69) is 6.92 Å². The van der Waals surface area contributed by atoms with E-state index in [-0.39, 0.29) is 248 Å². The number of Topliss-reactive ketones (excluding diaryl/α,β-unsaturated/α-hetero) is 2. The number of rotatable bonds is 24. The fourth-order valence-corrected chi connectivity index (χ4v) is 5.87. The minimum atomic E-state index is -0.887. The van der Waals surface area contributed by atoms with Gasteiger partial charge in [0.05, 0.1) is 126 Å². The minimum absolute atomic E-state index is 0. The molecule has 16 N–H and O–H groups in total. The molecular weight excluding hydrogens is 1570 g/mol. The molecule has 2 atom stereocenters. The maximum absolute atomic E-state index is 11.8. The Morgan fingerprint density at radius 1 is 0.296 bits per heavy atom. The Bertz CT molecular complexity index is 2690. The molecule has 0 bridgehead atoms. The third kappa shape index (κ3) is 111. The fourth-order valence-electron chi connectivity index (χ4n) is 5.87. The standard InChI is InChI=1S/2C9H15N3O6.2C5H10O2.6C5H8O2.C4H10O.C3H8O.3CH3.4Ti/c2*13-4-1-10-7(16)11(2-5-14)9(18)12(3-6-15)8(10)17;8*1-4(6)3-5(2)7;1-2-3-4-5;1-3(2)4;;;;;;;/h2*13-15H,1-6H2;2*4,6H,3H2,1-2H3;6*3,6H,1-2H3;5H,2-4H2,1H3;3-4H,1-2H3;3*1H3;;;;/q;;;;;;;;;;;;3*-1;;;;. The summed E-state index contributed by atoms with van der Waals surface area (Å²) in [6.07, 6.45) is 8.48. The predicted molar refractivity (Wildman–Crippen MR) is 396 cm³/mol. The smallest absolute Gasteiger partial charge is 0.336 e. The number of nitrogens with zero attached hydrogens (tertiary/aromatic N) is 6. The van der Waals surface area contributed by atoms with Crippen LogP contribution >= 0.6 is 0 Å². The molecule has 2 unspecified atom stereocenters. The molecule has 0 saturated carbocycles. The SMILES string of the molecule is CC(=O)C=C(C)O.CC(=O)C=C(C)O.CC(=O)C=C(C)O.CC(=O)C=C(C)O.CC(=O)C=C(C)O.CC(=O)C=C(C)O.CC(=O)CC(C)O.CC(=O)CC(C)O.CC(C)O.CCCCO.O=c1n(CCO)c(=O)n(CCO)c(=O)n1CCO.O=c1n(CCO)c(=O)n(CCO)c(=O)n1CCO.[CH3-].[CH3-].[CH3-].[Ti].[Ti].[Ti].[Ti]. The van der Waals surface area contributed by atoms with Crippen LogP contribution in [-0.4, -0.2) is 220 Å². The van der Waals surface area contributed by atoms with Gasteiger partial charge >= 0.3 is 34.1 Å². The largest absolute Gasteiger partial charge is 0.512 e. The van der Waals surface area contributed by atoms with Crippen molar-refractivity contribution in [1.29, 1.82) is 0 Å². The summed E-state index contributed by atoms with van der Waals surface area (Å²) in [5, 5.41) is 136. The van der Waals surface area contributed by atoms with E-state index < -0.39 is 86.0 Å². The minimum Gasteiger partial charge on any atom is -0.512 e. The Morgan fingerprint density at radius 2 is 0.417 bits per heavy atom. The van der Waals surface area contributed by atoms with Crippen LogP contribution in [0.2, 0.25) is 0 Å². The molecule has 2 aromatic rings. The van der Waals surface area contributed by atoms with Crippen LogP contribution in [0.4, 0.5) is 0 Å². The van der Waals surface area contributed by atoms with Crippen LogP contribution in [0.25, 0.3) is 0 Å². The third-order valence-electron chi connectivity index (χ3n) is 8.86. The molecule has 0 saturated heterocycles. The summed E-state index contributed by atoms with van der Waals surface area (Å²) >= 11 is 0. The summed E-state index contributed by atoms with van der Waals surface area (Å²) in [6, 6.07) is 0. The third-order valence-corrected chi connectivity index (χ3v) is 8.86. The maximum atomic E-state index is 11.8. The van der Waals surface area contributed by atoms with Crippen molar-refractivity contribution in [3.63, 3.8) is 0 Å². The summed E-state index contributed by atoms with van der Waals surface area (Å²) in [5.41, 5.74) is -5.32. The average Bonchev–Trinajstić information content (AvgIpc) is 0.798. The molecule has 626 valence electrons. The van der Waals surface area contributed by atoms with E-state index >= 15 is 0 Å². The van der Waals surface area contributed by atoms with Gasteiger partial charge in [0.25, 0.3) is 0 Å². The van der Waals surface area contributed by atoms with Gasteiger partial charge in [0.1, 0.15) is 11.6 Å². The maximum Gasteiger partial charge on any atom is 0.336 e. The molecule has 2 heterocycles. The van der Waals surface area contributed by atoms with E-state index in [1.165, 1.54) is 133 Å². The van der Waals surface area contributed by atoms with Gasteiger partial charge in [-0.3, -0.25) is 38.4 Å². The number of ketones is 8. The molecule has 0 aliphatic rings. The molecule has 0 aromatic carbocycles. The number of hydrogen-bond acceptors (Lipinski definition) is 30. The van der Waals surface area contributed by atoms with Gasteiger partial charge in [0.2, 0.25) is 0 Å². The molecule has 2 aromatic heterocycles. The molecule has 2 rings (SSSR count). The molecule has 0 radical (unpaired) electrons. The van der Waals surface area contributed by atoms with Crippen molar-refractivity contribution < 1.29 is 207 Å². The molecule has 108 heavy (non-hydrogen) atoms. The second-order valence-corrected chi connectivity index (χ2v) is 21.0. The van der Waals surface area contributed by atoms with Gasteiger partial charge < -0.3 is 104 Å². The van der Waals surface area contributed by atoms with Crippen LogP contribution in [0.3, 0.4) is 0 Å². The summed E-state index contributed by atoms with van der Waals surface area (Å²) < 4.78 is 4.12. The van der Waals surface area contributed by atoms with E-state index in [0.29, 0.717) is 34.0 Å². The van der Waals surface area contributed by atoms with Crippen LogP contribution in [0, 0.1) is 22.3 Å². The van der Waals surface area contributed by atoms with Crippen molar-refractivity contribution in [3.8, 4) is 0 Å². The number of carbonyl (C=O) groups excluding carboxylic acids is 8. The zero-order valence-electron chi connectivity index (χ0n) is 66.8. The Hall–Kier alpha value is -6.12. The van der Waals surface area contributed by atoms with Crippen LogP contribution < -0.4 is 34.1 Å². The normalized spacial score (nSPS) is 10.5. The first-order chi connectivity index (χ1) is 46.3. The van der Waals surface area contributed by atoms with E-state index in [4.69, 9.17) is 81.7 Å². The van der Waals surface area contributed by atoms with Crippen LogP contribution in [0.1, 0.15) is 157 Å². The van der Waals surface area contributed by atoms with Gasteiger partial charge in [0, 0.05) is 149 Å². The number of hydrogen-bond donors (Lipinski definition) is 16. The van der Waals surface area contributed by atoms with Crippen molar-refractivity contribution in [3.05, 3.63) is 156 Å². The summed E-state index contributed by atoms with van der Waals surface area (Å²) in [4.78, 5) is 151. The number of unbranched alkanes of at least 4 members (excludes halogenated alkanes) is 1. The van der Waals surface area contributed by atoms with Crippen molar-refractivity contribution >= 4 is 46.3 Å². The van der Waals surface area contributed by atoms with Crippen molar-refractivity contribution in [2.75, 3.05) is 46.2 Å². The molecule has 0 spiro atoms. The average molecular weight is 1700 g/mol. The molecule has 0 fully saturated rings. The van der Waals surface area contributed by atoms with Crippen LogP contribution in [-0.2, 0) is 164 Å². The van der Waals surface area contributed by atoms with Gasteiger partial charge in [-0.25, -0.2) is 56.2 Å². The monoisotopic (exact) mass is 1700 g/mol. The van der Waals surface area contributed by atoms with Crippen molar-refractivity contribution in [2.24, 2.45) is 0 Å². The zero-order valence-corrected chi connectivity index (χ0v) is 73.0. The van der Waals surface area contributed by atoms with Gasteiger partial charge in [-0.2, -0.15) is 0 Å². The number of allylic oxidation sites excluding steroid dienone is 12. The topological polar surface area (TPSA) is 592 Å². The Balaban J connectivity index is -0.0000000572. The molecule has 36 nitrogen and oxygen atoms in total. The summed E-state index contributed by atoms with van der Waals surface area (Å²) in [7, 11) is 0. The first-order valence-corrected chi connectivity index (χ1v) is 30.8. The van der Waals surface area contributed by atoms with E-state index in [1.807, 2.05) is 0 Å². The Morgan fingerprint density at radius 3 is 0.444 bits per heavy atom. The first kappa shape index (κ1) is 144. The van der Waals surface area contributed by atoms with Crippen molar-refractivity contribution in [1.82, 2.24) is 27.4 Å². The number of aliphatic hydroxyl groups is 16. The molecule has 0 amide bonds. The second-order valence-electron chi connectivity index (χ2n) is 21.0. The van der Waals surface area contributed by atoms with Crippen LogP contribution in [0.15, 0.2) is 99.8 Å². The van der Waals surface area contributed by atoms with Gasteiger partial charge in [-0.15, -0.1) is 0 Å². The quantitative estimate of drug-likeness (QED) is 0.0308. The Labute approximate surface area is 693 Å². The van der Waals surface area contributed by atoms with Crippen molar-refractivity contribution in [2.45, 2.75) is 215 Å². The summed E-state index contributed by atoms with van der Waals surface area (Å²) in [6.45, 7) is 24.9. The van der Waals surface area contributed by atoms with Gasteiger partial charge in [-0.05, 0) is 131 Å². The number of aliphatic hydroxyl groups excluding tert-OH is 16. The number of carbonyl (C=O) groups is 8. The predicted octanol–water partition coefficient (Wildman–Crippen LogP) is 1.72. The number of aromatic nitrogens is 6. The van der Waals surface area contributed by atoms with Gasteiger partial charge in [0.15, 0.2) is 34.7 Å². The van der Waals surface area contributed by atoms with Crippen LogP contribution in [0.5, 0.6) is 0 Å². The molecule has 40 heteroatoms. The summed E-state index contributed by atoms with van der Waals surface area (Å²) in [5.74, 6) is -0.301. The molecular formula is C68H125N6O30Ti4-3. The van der Waals surface area contributed by atoms with Gasteiger partial charge in [-0.1, -0.05) is 13.3 Å². The second kappa shape index (κ2) is 93.3. The molecule has 0 aliphatic carbocycles.